The Morgan fingerprint density at radius 1 is 0.461 bits per heavy atom. The Morgan fingerprint density at radius 3 is 1.16 bits per heavy atom. The molecule has 9 N–H and O–H groups in total. The molecule has 596 valence electrons. The van der Waals surface area contributed by atoms with Crippen LogP contribution in [0.3, 0.4) is 0 Å². The van der Waals surface area contributed by atoms with Gasteiger partial charge in [-0.25, -0.2) is 33.3 Å². The minimum atomic E-state index is -0.984. The standard InChI is InChI=1S/C15H13N3O3.C15H14N2O5.C15H16N2O3.C14H11N3O3.C8H6FNO4.C7H9NO.C6H13N.Li.H2O/c1-20-12-6-4-11(5-7-12)18-14-8-3-10(15(19)21-2)9-13(14)16-17-18;1-21-12-6-4-11(5-7-12)16-13-8-3-10(15(18)22-2)9-14(13)17(19)20;1-19-12-6-4-11(5-7-12)17-14-8-3-10(9-13(14)16)15(18)20-2;1-20-11-5-3-10(4-6-11)17-13-7-2-9(14(18)19)8-12(13)15-16-17;1-14-8(11)5-2-3-6(9)7(4-5)10(12)13;1-9-7-4-2-6(8)3-5-7;1-6-2-4-7-5-3-6;;/h3-9H,1-2H3;3-9,16H,1-2H3;3-9,17H,16H2,1-2H3;2-8H,1H3,(H,18,19);2-4H,1H3;2-5H,8H2,1H3;6-7H,2-5H2,1H3;;1H2/q;;;;;;;+1;/p-1. The second kappa shape index (κ2) is 45.8. The van der Waals surface area contributed by atoms with E-state index in [9.17, 15) is 48.6 Å². The predicted octanol–water partition coefficient (Wildman–Crippen LogP) is 10.9. The largest absolute Gasteiger partial charge is 1.00 e. The maximum atomic E-state index is 12.8. The molecule has 33 nitrogen and oxygen atoms in total. The van der Waals surface area contributed by atoms with Crippen LogP contribution in [0, 0.1) is 32.0 Å². The summed E-state index contributed by atoms with van der Waals surface area (Å²) in [5, 5.41) is 56.1. The van der Waals surface area contributed by atoms with E-state index in [1.165, 1.54) is 77.6 Å². The van der Waals surface area contributed by atoms with Crippen LogP contribution in [0.4, 0.5) is 49.9 Å². The Bertz CT molecular complexity index is 5190. The normalized spacial score (nSPS) is 10.8. The number of carboxylic acids is 1. The molecule has 1 fully saturated rings. The molecule has 1 aliphatic rings. The number of ether oxygens (including phenoxy) is 9. The Labute approximate surface area is 670 Å². The van der Waals surface area contributed by atoms with E-state index in [0.29, 0.717) is 39.3 Å². The molecule has 1 saturated heterocycles. The summed E-state index contributed by atoms with van der Waals surface area (Å²) in [4.78, 5) is 76.2. The first kappa shape index (κ1) is 91.4. The molecule has 3 heterocycles. The van der Waals surface area contributed by atoms with E-state index in [1.54, 1.807) is 124 Å². The number of nitro benzene ring substituents is 2. The van der Waals surface area contributed by atoms with Crippen molar-refractivity contribution in [1.82, 2.24) is 35.3 Å². The fraction of sp³-hybridized carbons (Fsp3) is 0.188. The molecule has 2 aromatic heterocycles. The number of anilines is 6. The van der Waals surface area contributed by atoms with Gasteiger partial charge in [-0.3, -0.25) is 20.2 Å². The molecule has 0 spiro atoms. The van der Waals surface area contributed by atoms with Crippen molar-refractivity contribution in [2.75, 3.05) is 99.2 Å². The van der Waals surface area contributed by atoms with Gasteiger partial charge in [-0.2, -0.15) is 4.39 Å². The quantitative estimate of drug-likeness (QED) is 0.0116. The fourth-order valence-corrected chi connectivity index (χ4v) is 10.1. The van der Waals surface area contributed by atoms with Crippen LogP contribution in [-0.4, -0.2) is 157 Å². The zero-order valence-electron chi connectivity index (χ0n) is 64.5. The Kier molecular flexibility index (Phi) is 36.4. The summed E-state index contributed by atoms with van der Waals surface area (Å²) in [7, 11) is 13.1. The van der Waals surface area contributed by atoms with Crippen LogP contribution in [0.1, 0.15) is 71.6 Å². The van der Waals surface area contributed by atoms with E-state index >= 15 is 0 Å². The number of esters is 4. The van der Waals surface area contributed by atoms with Crippen LogP contribution in [0.25, 0.3) is 33.4 Å². The van der Waals surface area contributed by atoms with Gasteiger partial charge in [0.25, 0.3) is 5.69 Å². The first-order chi connectivity index (χ1) is 54.4. The molecule has 0 amide bonds. The number of nitrogens with zero attached hydrogens (tertiary/aromatic N) is 8. The van der Waals surface area contributed by atoms with E-state index < -0.39 is 51.2 Å². The minimum absolute atomic E-state index is 0. The second-order valence-electron chi connectivity index (χ2n) is 23.7. The summed E-state index contributed by atoms with van der Waals surface area (Å²) in [6.07, 6.45) is 2.75. The number of hydrogen-bond donors (Lipinski definition) is 6. The van der Waals surface area contributed by atoms with Crippen molar-refractivity contribution in [2.45, 2.75) is 19.8 Å². The SMILES string of the molecule is CC1CCNCC1.COC(=O)c1ccc(F)c([N+](=O)[O-])c1.COC(=O)c1ccc(Nc2ccc(OC)cc2)c(N)c1.COC(=O)c1ccc(Nc2ccc(OC)cc2)c([N+](=O)[O-])c1.COC(=O)c1ccc2c(c1)nnn2-c1ccc(OC)cc1.COc1ccc(-n2nnc3cc(C(=O)O)ccc32)cc1.COc1ccc(N)cc1.[Li+].[OH-]. The number of carbonyl (C=O) groups excluding carboxylic acids is 4. The zero-order valence-corrected chi connectivity index (χ0v) is 64.5. The zero-order chi connectivity index (χ0) is 82.1. The van der Waals surface area contributed by atoms with Gasteiger partial charge >= 0.3 is 54.4 Å². The third-order valence-corrected chi connectivity index (χ3v) is 16.3. The summed E-state index contributed by atoms with van der Waals surface area (Å²) in [6.45, 7) is 4.79. The van der Waals surface area contributed by atoms with Gasteiger partial charge in [0.2, 0.25) is 5.82 Å². The molecule has 0 unspecified atom stereocenters. The molecule has 0 bridgehead atoms. The number of hydrogen-bond acceptors (Lipinski definition) is 28. The van der Waals surface area contributed by atoms with Crippen molar-refractivity contribution < 1.29 is 110 Å². The summed E-state index contributed by atoms with van der Waals surface area (Å²) < 4.78 is 59.7. The molecule has 0 aliphatic carbocycles. The van der Waals surface area contributed by atoms with E-state index in [1.807, 2.05) is 84.9 Å². The number of benzene rings is 10. The Morgan fingerprint density at radius 2 is 0.791 bits per heavy atom. The second-order valence-corrected chi connectivity index (χ2v) is 23.7. The maximum Gasteiger partial charge on any atom is 1.00 e. The number of aromatic nitrogens is 6. The number of carbonyl (C=O) groups is 5. The number of halogens is 1. The van der Waals surface area contributed by atoms with E-state index in [0.717, 1.165) is 93.7 Å². The van der Waals surface area contributed by atoms with E-state index in [4.69, 9.17) is 45.0 Å². The predicted molar refractivity (Wildman–Crippen MR) is 423 cm³/mol. The average Bonchev–Trinajstić information content (AvgIpc) is 1.67. The molecule has 115 heavy (non-hydrogen) atoms. The van der Waals surface area contributed by atoms with E-state index in [-0.39, 0.29) is 52.4 Å². The fourth-order valence-electron chi connectivity index (χ4n) is 10.1. The number of nitrogens with two attached hydrogens (primary N) is 2. The van der Waals surface area contributed by atoms with Crippen molar-refractivity contribution in [3.63, 3.8) is 0 Å². The number of nitrogens with one attached hydrogen (secondary N) is 3. The van der Waals surface area contributed by atoms with Gasteiger partial charge in [-0.05, 0) is 232 Å². The third-order valence-electron chi connectivity index (χ3n) is 16.3. The van der Waals surface area contributed by atoms with Crippen molar-refractivity contribution >= 4 is 97.4 Å². The summed E-state index contributed by atoms with van der Waals surface area (Å²) in [5.41, 5.74) is 19.7. The van der Waals surface area contributed by atoms with Crippen LogP contribution < -0.4 is 70.0 Å². The van der Waals surface area contributed by atoms with Gasteiger partial charge in [-0.15, -0.1) is 10.2 Å². The molecule has 0 radical (unpaired) electrons. The Balaban J connectivity index is 0.000000245. The number of rotatable bonds is 18. The first-order valence-corrected chi connectivity index (χ1v) is 34.0. The minimum Gasteiger partial charge on any atom is -0.870 e. The van der Waals surface area contributed by atoms with Gasteiger partial charge in [0.15, 0.2) is 0 Å². The molecule has 13 rings (SSSR count). The van der Waals surface area contributed by atoms with E-state index in [2.05, 4.69) is 57.7 Å². The van der Waals surface area contributed by atoms with Gasteiger partial charge in [-0.1, -0.05) is 17.4 Å². The Hall–Kier alpha value is -14.2. The number of methoxy groups -OCH3 is 9. The molecule has 10 aromatic carbocycles. The van der Waals surface area contributed by atoms with Crippen LogP contribution in [-0.2, 0) is 18.9 Å². The molecular formula is C80H83FLiN13O20. The van der Waals surface area contributed by atoms with Crippen LogP contribution >= 0.6 is 0 Å². The molecule has 0 saturated carbocycles. The summed E-state index contributed by atoms with van der Waals surface area (Å²) in [6, 6.07) is 58.3. The summed E-state index contributed by atoms with van der Waals surface area (Å²) >= 11 is 0. The molecule has 1 aliphatic heterocycles. The molecule has 35 heteroatoms. The maximum absolute atomic E-state index is 12.8. The monoisotopic (exact) mass is 1570 g/mol. The number of piperidine rings is 1. The average molecular weight is 1570 g/mol. The first-order valence-electron chi connectivity index (χ1n) is 34.0. The van der Waals surface area contributed by atoms with Crippen molar-refractivity contribution in [3.8, 4) is 40.1 Å². The van der Waals surface area contributed by atoms with Gasteiger partial charge in [0.1, 0.15) is 45.5 Å². The topological polar surface area (TPSA) is 454 Å². The van der Waals surface area contributed by atoms with Crippen molar-refractivity contribution in [1.29, 1.82) is 0 Å². The van der Waals surface area contributed by atoms with Crippen molar-refractivity contribution in [3.05, 3.63) is 266 Å². The van der Waals surface area contributed by atoms with Crippen LogP contribution in [0.2, 0.25) is 0 Å². The number of carboxylic acid groups (broad SMARTS) is 1. The third kappa shape index (κ3) is 26.8. The molecule has 12 aromatic rings. The van der Waals surface area contributed by atoms with Gasteiger partial charge in [0, 0.05) is 29.2 Å². The van der Waals surface area contributed by atoms with Gasteiger partial charge in [0.05, 0.1) is 135 Å². The number of fused-ring (bicyclic) bond motifs is 2. The number of nitrogen functional groups attached to an aromatic ring is 2. The smallest absolute Gasteiger partial charge is 0.870 e. The summed E-state index contributed by atoms with van der Waals surface area (Å²) in [5.74, 6) is 0.669. The molecular weight excluding hydrogens is 1490 g/mol. The number of nitro groups is 2. The van der Waals surface area contributed by atoms with Crippen molar-refractivity contribution in [2.24, 2.45) is 5.92 Å². The molecule has 0 atom stereocenters. The van der Waals surface area contributed by atoms with Gasteiger partial charge < -0.3 is 80.6 Å². The van der Waals surface area contributed by atoms with Crippen LogP contribution in [0.5, 0.6) is 28.7 Å². The number of aromatic carboxylic acids is 1. The van der Waals surface area contributed by atoms with Crippen LogP contribution in [0.15, 0.2) is 212 Å².